The average molecular weight is 332 g/mol. The molecule has 1 saturated heterocycles. The molecule has 0 aliphatic carbocycles. The summed E-state index contributed by atoms with van der Waals surface area (Å²) in [5.41, 5.74) is 0.548. The number of rotatable bonds is 2. The van der Waals surface area contributed by atoms with Gasteiger partial charge in [-0.25, -0.2) is 8.42 Å². The minimum absolute atomic E-state index is 0.00370. The summed E-state index contributed by atoms with van der Waals surface area (Å²) in [6, 6.07) is 0.533. The fourth-order valence-corrected chi connectivity index (χ4v) is 3.69. The van der Waals surface area contributed by atoms with E-state index in [4.69, 9.17) is 9.90 Å². The lowest BCUT2D eigenvalue weighted by molar-refractivity contribution is -0.122. The third-order valence-corrected chi connectivity index (χ3v) is 4.62. The van der Waals surface area contributed by atoms with E-state index in [1.54, 1.807) is 6.92 Å². The summed E-state index contributed by atoms with van der Waals surface area (Å²) in [6.07, 6.45) is 0.0190. The number of aliphatic hydroxyl groups is 1. The lowest BCUT2D eigenvalue weighted by Gasteiger charge is -2.15. The van der Waals surface area contributed by atoms with Crippen LogP contribution in [-0.4, -0.2) is 64.8 Å². The first-order valence-electron chi connectivity index (χ1n) is 6.13. The van der Waals surface area contributed by atoms with Crippen molar-refractivity contribution in [3.05, 3.63) is 23.5 Å². The normalized spacial score (nSPS) is 22.3. The molecule has 0 radical (unpaired) electrons. The van der Waals surface area contributed by atoms with Gasteiger partial charge in [0.1, 0.15) is 5.75 Å². The first-order valence-corrected chi connectivity index (χ1v) is 7.95. The molecule has 2 heterocycles. The molecule has 0 bridgehead atoms. The summed E-state index contributed by atoms with van der Waals surface area (Å²) >= 11 is 0. The highest BCUT2D eigenvalue weighted by molar-refractivity contribution is 7.91. The van der Waals surface area contributed by atoms with Crippen LogP contribution in [0.4, 0.5) is 0 Å². The van der Waals surface area contributed by atoms with Crippen molar-refractivity contribution in [2.45, 2.75) is 19.1 Å². The molecule has 9 nitrogen and oxygen atoms in total. The molecule has 1 aliphatic heterocycles. The Morgan fingerprint density at radius 1 is 1.45 bits per heavy atom. The quantitative estimate of drug-likeness (QED) is 0.486. The van der Waals surface area contributed by atoms with E-state index < -0.39 is 27.9 Å². The second-order valence-electron chi connectivity index (χ2n) is 4.67. The third kappa shape index (κ3) is 4.67. The van der Waals surface area contributed by atoms with Crippen molar-refractivity contribution in [1.82, 2.24) is 10.3 Å². The number of carbonyl (C=O) groups excluding carboxylic acids is 1. The summed E-state index contributed by atoms with van der Waals surface area (Å²) in [5.74, 6) is -1.59. The highest BCUT2D eigenvalue weighted by atomic mass is 32.2. The molecular weight excluding hydrogens is 316 g/mol. The molecule has 0 aromatic carbocycles. The molecule has 4 N–H and O–H groups in total. The SMILES string of the molecule is Cc1cc(C(=O)N[C@@H]2CS(=O)(=O)C[C@H]2O)c(O)cn1.O=CO. The Labute approximate surface area is 126 Å². The fourth-order valence-electron chi connectivity index (χ4n) is 1.95. The highest BCUT2D eigenvalue weighted by Gasteiger charge is 2.37. The molecule has 1 amide bonds. The molecule has 1 fully saturated rings. The van der Waals surface area contributed by atoms with Crippen molar-refractivity contribution in [2.75, 3.05) is 11.5 Å². The summed E-state index contributed by atoms with van der Waals surface area (Å²) in [5, 5.41) is 28.4. The van der Waals surface area contributed by atoms with Gasteiger partial charge in [0.05, 0.1) is 35.4 Å². The zero-order valence-corrected chi connectivity index (χ0v) is 12.4. The predicted molar refractivity (Wildman–Crippen MR) is 75.2 cm³/mol. The van der Waals surface area contributed by atoms with Crippen LogP contribution in [0.15, 0.2) is 12.3 Å². The zero-order valence-electron chi connectivity index (χ0n) is 11.6. The van der Waals surface area contributed by atoms with Crippen LogP contribution in [-0.2, 0) is 14.6 Å². The second kappa shape index (κ2) is 7.18. The van der Waals surface area contributed by atoms with Gasteiger partial charge in [0, 0.05) is 5.69 Å². The number of sulfone groups is 1. The van der Waals surface area contributed by atoms with E-state index in [0.29, 0.717) is 5.69 Å². The lowest BCUT2D eigenvalue weighted by atomic mass is 10.1. The average Bonchev–Trinajstić information content (AvgIpc) is 2.66. The van der Waals surface area contributed by atoms with E-state index in [-0.39, 0.29) is 29.3 Å². The van der Waals surface area contributed by atoms with Gasteiger partial charge < -0.3 is 20.6 Å². The van der Waals surface area contributed by atoms with E-state index in [2.05, 4.69) is 10.3 Å². The topological polar surface area (TPSA) is 154 Å². The zero-order chi connectivity index (χ0) is 16.9. The molecule has 1 aromatic heterocycles. The van der Waals surface area contributed by atoms with Crippen LogP contribution in [0.5, 0.6) is 5.75 Å². The molecule has 2 rings (SSSR count). The molecule has 1 aliphatic rings. The number of aryl methyl sites for hydroxylation is 1. The van der Waals surface area contributed by atoms with Crippen molar-refractivity contribution < 1.29 is 33.3 Å². The molecule has 1 aromatic rings. The maximum Gasteiger partial charge on any atom is 0.290 e. The molecular formula is C12H16N2O7S. The van der Waals surface area contributed by atoms with Crippen LogP contribution >= 0.6 is 0 Å². The van der Waals surface area contributed by atoms with E-state index in [1.807, 2.05) is 0 Å². The van der Waals surface area contributed by atoms with Crippen molar-refractivity contribution in [2.24, 2.45) is 0 Å². The third-order valence-electron chi connectivity index (χ3n) is 2.90. The smallest absolute Gasteiger partial charge is 0.290 e. The number of pyridine rings is 1. The maximum atomic E-state index is 11.9. The number of carbonyl (C=O) groups is 2. The number of amides is 1. The number of aromatic nitrogens is 1. The van der Waals surface area contributed by atoms with Gasteiger partial charge in [-0.1, -0.05) is 0 Å². The first-order chi connectivity index (χ1) is 10.2. The maximum absolute atomic E-state index is 11.9. The van der Waals surface area contributed by atoms with Gasteiger partial charge in [-0.2, -0.15) is 0 Å². The van der Waals surface area contributed by atoms with E-state index in [9.17, 15) is 23.4 Å². The summed E-state index contributed by atoms with van der Waals surface area (Å²) in [4.78, 5) is 24.1. The fraction of sp³-hybridized carbons (Fsp3) is 0.417. The highest BCUT2D eigenvalue weighted by Crippen LogP contribution is 2.18. The van der Waals surface area contributed by atoms with Crippen LogP contribution in [0.1, 0.15) is 16.1 Å². The predicted octanol–water partition coefficient (Wildman–Crippen LogP) is -1.32. The van der Waals surface area contributed by atoms with Gasteiger partial charge in [0.25, 0.3) is 12.4 Å². The van der Waals surface area contributed by atoms with Crippen molar-refractivity contribution in [3.63, 3.8) is 0 Å². The van der Waals surface area contributed by atoms with Crippen molar-refractivity contribution >= 4 is 22.2 Å². The van der Waals surface area contributed by atoms with Crippen molar-refractivity contribution in [3.8, 4) is 5.75 Å². The molecule has 10 heteroatoms. The van der Waals surface area contributed by atoms with Crippen LogP contribution in [0.2, 0.25) is 0 Å². The standard InChI is InChI=1S/C11H14N2O5S.CH2O2/c1-6-2-7(9(14)3-12-6)11(16)13-8-4-19(17,18)5-10(8)15;2-1-3/h2-3,8,10,14-15H,4-5H2,1H3,(H,13,16);1H,(H,2,3)/t8-,10-;/m1./s1. The van der Waals surface area contributed by atoms with Crippen LogP contribution in [0.3, 0.4) is 0 Å². The number of carboxylic acid groups (broad SMARTS) is 1. The summed E-state index contributed by atoms with van der Waals surface area (Å²) in [6.45, 7) is 1.41. The molecule has 0 unspecified atom stereocenters. The number of nitrogens with zero attached hydrogens (tertiary/aromatic N) is 1. The van der Waals surface area contributed by atoms with Crippen molar-refractivity contribution in [1.29, 1.82) is 0 Å². The number of hydrogen-bond acceptors (Lipinski definition) is 7. The largest absolute Gasteiger partial charge is 0.505 e. The van der Waals surface area contributed by atoms with Gasteiger partial charge >= 0.3 is 0 Å². The number of nitrogens with one attached hydrogen (secondary N) is 1. The van der Waals surface area contributed by atoms with Gasteiger partial charge in [-0.3, -0.25) is 14.6 Å². The Hall–Kier alpha value is -2.20. The summed E-state index contributed by atoms with van der Waals surface area (Å²) < 4.78 is 22.6. The Morgan fingerprint density at radius 2 is 2.05 bits per heavy atom. The molecule has 22 heavy (non-hydrogen) atoms. The Morgan fingerprint density at radius 3 is 2.55 bits per heavy atom. The summed E-state index contributed by atoms with van der Waals surface area (Å²) in [7, 11) is -3.33. The minimum atomic E-state index is -3.33. The van der Waals surface area contributed by atoms with E-state index >= 15 is 0 Å². The number of hydrogen-bond donors (Lipinski definition) is 4. The Kier molecular flexibility index (Phi) is 5.83. The number of aromatic hydroxyl groups is 1. The molecule has 0 spiro atoms. The number of aliphatic hydroxyl groups excluding tert-OH is 1. The van der Waals surface area contributed by atoms with Gasteiger partial charge in [-0.05, 0) is 13.0 Å². The van der Waals surface area contributed by atoms with Crippen LogP contribution in [0.25, 0.3) is 0 Å². The van der Waals surface area contributed by atoms with E-state index in [1.165, 1.54) is 6.07 Å². The van der Waals surface area contributed by atoms with Gasteiger partial charge in [0.15, 0.2) is 9.84 Å². The van der Waals surface area contributed by atoms with Crippen LogP contribution < -0.4 is 5.32 Å². The van der Waals surface area contributed by atoms with Gasteiger partial charge in [-0.15, -0.1) is 0 Å². The van der Waals surface area contributed by atoms with Gasteiger partial charge in [0.2, 0.25) is 0 Å². The second-order valence-corrected chi connectivity index (χ2v) is 6.83. The monoisotopic (exact) mass is 332 g/mol. The molecule has 2 atom stereocenters. The molecule has 122 valence electrons. The lowest BCUT2D eigenvalue weighted by Crippen LogP contribution is -2.42. The minimum Gasteiger partial charge on any atom is -0.505 e. The molecule has 0 saturated carbocycles. The Balaban J connectivity index is 0.000000745. The van der Waals surface area contributed by atoms with Crippen LogP contribution in [0, 0.1) is 6.92 Å². The van der Waals surface area contributed by atoms with E-state index in [0.717, 1.165) is 6.20 Å². The Bertz CT molecular complexity index is 659. The first kappa shape index (κ1) is 17.9.